The Labute approximate surface area is 126 Å². The fourth-order valence-electron chi connectivity index (χ4n) is 2.51. The van der Waals surface area contributed by atoms with Gasteiger partial charge >= 0.3 is 0 Å². The molecule has 0 N–H and O–H groups in total. The lowest BCUT2D eigenvalue weighted by atomic mass is 10.3. The van der Waals surface area contributed by atoms with E-state index < -0.39 is 10.0 Å². The Morgan fingerprint density at radius 1 is 1.10 bits per heavy atom. The molecule has 0 aliphatic heterocycles. The molecule has 2 rings (SSSR count). The van der Waals surface area contributed by atoms with Gasteiger partial charge in [0.25, 0.3) is 0 Å². The van der Waals surface area contributed by atoms with Gasteiger partial charge in [-0.2, -0.15) is 9.40 Å². The predicted octanol–water partition coefficient (Wildman–Crippen LogP) is 2.52. The highest BCUT2D eigenvalue weighted by Crippen LogP contribution is 2.25. The molecule has 0 radical (unpaired) electrons. The quantitative estimate of drug-likeness (QED) is 0.853. The van der Waals surface area contributed by atoms with E-state index in [1.54, 1.807) is 18.5 Å². The van der Waals surface area contributed by atoms with Gasteiger partial charge in [-0.3, -0.25) is 0 Å². The van der Waals surface area contributed by atoms with Gasteiger partial charge in [-0.1, -0.05) is 32.0 Å². The molecule has 0 saturated heterocycles. The molecule has 6 heteroatoms. The topological polar surface area (TPSA) is 55.2 Å². The highest BCUT2D eigenvalue weighted by atomic mass is 32.2. The SMILES string of the molecule is CCN(CC)S(=O)(=O)c1c(C)nn(-c2ccccc2)c1C. The van der Waals surface area contributed by atoms with Gasteiger partial charge in [0.1, 0.15) is 4.90 Å². The monoisotopic (exact) mass is 307 g/mol. The van der Waals surface area contributed by atoms with E-state index in [1.165, 1.54) is 4.31 Å². The molecule has 0 atom stereocenters. The molecular formula is C15H21N3O2S. The van der Waals surface area contributed by atoms with Gasteiger partial charge < -0.3 is 0 Å². The molecule has 114 valence electrons. The summed E-state index contributed by atoms with van der Waals surface area (Å²) in [4.78, 5) is 0.315. The van der Waals surface area contributed by atoms with Crippen molar-refractivity contribution in [2.75, 3.05) is 13.1 Å². The van der Waals surface area contributed by atoms with Crippen LogP contribution in [-0.4, -0.2) is 35.6 Å². The van der Waals surface area contributed by atoms with Crippen LogP contribution < -0.4 is 0 Å². The van der Waals surface area contributed by atoms with Crippen molar-refractivity contribution in [2.24, 2.45) is 0 Å². The van der Waals surface area contributed by atoms with E-state index in [2.05, 4.69) is 5.10 Å². The Balaban J connectivity index is 2.60. The lowest BCUT2D eigenvalue weighted by Crippen LogP contribution is -2.31. The minimum Gasteiger partial charge on any atom is -0.236 e. The fraction of sp³-hybridized carbons (Fsp3) is 0.400. The van der Waals surface area contributed by atoms with Crippen LogP contribution in [0.1, 0.15) is 25.2 Å². The number of aromatic nitrogens is 2. The average molecular weight is 307 g/mol. The fourth-order valence-corrected chi connectivity index (χ4v) is 4.33. The zero-order valence-corrected chi connectivity index (χ0v) is 13.7. The maximum atomic E-state index is 12.8. The van der Waals surface area contributed by atoms with Crippen molar-refractivity contribution in [2.45, 2.75) is 32.6 Å². The number of hydrogen-bond donors (Lipinski definition) is 0. The van der Waals surface area contributed by atoms with Crippen molar-refractivity contribution in [3.05, 3.63) is 41.7 Å². The van der Waals surface area contributed by atoms with Gasteiger partial charge in [0, 0.05) is 13.1 Å². The molecular weight excluding hydrogens is 286 g/mol. The van der Waals surface area contributed by atoms with Gasteiger partial charge in [-0.05, 0) is 26.0 Å². The Morgan fingerprint density at radius 3 is 2.19 bits per heavy atom. The maximum absolute atomic E-state index is 12.8. The van der Waals surface area contributed by atoms with Gasteiger partial charge in [0.05, 0.1) is 17.1 Å². The van der Waals surface area contributed by atoms with Crippen molar-refractivity contribution >= 4 is 10.0 Å². The Morgan fingerprint density at radius 2 is 1.67 bits per heavy atom. The summed E-state index contributed by atoms with van der Waals surface area (Å²) in [6, 6.07) is 9.55. The van der Waals surface area contributed by atoms with Crippen molar-refractivity contribution in [3.8, 4) is 5.69 Å². The molecule has 1 aromatic carbocycles. The predicted molar refractivity (Wildman–Crippen MR) is 83.1 cm³/mol. The van der Waals surface area contributed by atoms with Crippen molar-refractivity contribution in [1.29, 1.82) is 0 Å². The molecule has 0 aliphatic carbocycles. The molecule has 0 saturated carbocycles. The standard InChI is InChI=1S/C15H21N3O2S/c1-5-17(6-2)21(19,20)15-12(3)16-18(13(15)4)14-10-8-7-9-11-14/h7-11H,5-6H2,1-4H3. The molecule has 1 heterocycles. The molecule has 2 aromatic rings. The van der Waals surface area contributed by atoms with Crippen LogP contribution in [0.25, 0.3) is 5.69 Å². The lowest BCUT2D eigenvalue weighted by Gasteiger charge is -2.18. The Kier molecular flexibility index (Phi) is 4.49. The number of nitrogens with zero attached hydrogens (tertiary/aromatic N) is 3. The molecule has 0 aliphatic rings. The van der Waals surface area contributed by atoms with Crippen LogP contribution in [0, 0.1) is 13.8 Å². The first-order chi connectivity index (χ1) is 9.93. The van der Waals surface area contributed by atoms with Crippen LogP contribution in [0.5, 0.6) is 0 Å². The summed E-state index contributed by atoms with van der Waals surface area (Å²) in [6.07, 6.45) is 0. The summed E-state index contributed by atoms with van der Waals surface area (Å²) in [7, 11) is -3.50. The van der Waals surface area contributed by atoms with E-state index in [1.807, 2.05) is 44.2 Å². The first kappa shape index (κ1) is 15.7. The third-order valence-electron chi connectivity index (χ3n) is 3.53. The largest absolute Gasteiger partial charge is 0.246 e. The normalized spacial score (nSPS) is 12.0. The van der Waals surface area contributed by atoms with Gasteiger partial charge in [0.2, 0.25) is 10.0 Å². The smallest absolute Gasteiger partial charge is 0.236 e. The van der Waals surface area contributed by atoms with Crippen molar-refractivity contribution < 1.29 is 8.42 Å². The molecule has 21 heavy (non-hydrogen) atoms. The number of para-hydroxylation sites is 1. The Hall–Kier alpha value is -1.66. The molecule has 0 amide bonds. The van der Waals surface area contributed by atoms with Crippen LogP contribution in [-0.2, 0) is 10.0 Å². The van der Waals surface area contributed by atoms with Crippen molar-refractivity contribution in [3.63, 3.8) is 0 Å². The highest BCUT2D eigenvalue weighted by Gasteiger charge is 2.29. The first-order valence-electron chi connectivity index (χ1n) is 7.05. The maximum Gasteiger partial charge on any atom is 0.246 e. The van der Waals surface area contributed by atoms with Gasteiger partial charge in [-0.15, -0.1) is 0 Å². The van der Waals surface area contributed by atoms with Crippen LogP contribution in [0.2, 0.25) is 0 Å². The zero-order chi connectivity index (χ0) is 15.6. The zero-order valence-electron chi connectivity index (χ0n) is 12.9. The minimum atomic E-state index is -3.50. The number of benzene rings is 1. The average Bonchev–Trinajstić information content (AvgIpc) is 2.76. The van der Waals surface area contributed by atoms with E-state index in [-0.39, 0.29) is 0 Å². The minimum absolute atomic E-state index is 0.315. The third-order valence-corrected chi connectivity index (χ3v) is 5.83. The number of hydrogen-bond acceptors (Lipinski definition) is 3. The lowest BCUT2D eigenvalue weighted by molar-refractivity contribution is 0.444. The molecule has 0 bridgehead atoms. The number of sulfonamides is 1. The number of aryl methyl sites for hydroxylation is 1. The second-order valence-electron chi connectivity index (χ2n) is 4.84. The molecule has 5 nitrogen and oxygen atoms in total. The third kappa shape index (κ3) is 2.73. The van der Waals surface area contributed by atoms with E-state index in [4.69, 9.17) is 0 Å². The second kappa shape index (κ2) is 5.99. The first-order valence-corrected chi connectivity index (χ1v) is 8.49. The van der Waals surface area contributed by atoms with Crippen LogP contribution in [0.3, 0.4) is 0 Å². The van der Waals surface area contributed by atoms with Gasteiger partial charge in [-0.25, -0.2) is 13.1 Å². The summed E-state index contributed by atoms with van der Waals surface area (Å²) in [5.74, 6) is 0. The molecule has 0 fully saturated rings. The summed E-state index contributed by atoms with van der Waals surface area (Å²) >= 11 is 0. The second-order valence-corrected chi connectivity index (χ2v) is 6.71. The van der Waals surface area contributed by atoms with E-state index in [0.29, 0.717) is 29.4 Å². The van der Waals surface area contributed by atoms with E-state index in [0.717, 1.165) is 5.69 Å². The van der Waals surface area contributed by atoms with Crippen molar-refractivity contribution in [1.82, 2.24) is 14.1 Å². The Bertz CT molecular complexity index is 717. The molecule has 0 spiro atoms. The summed E-state index contributed by atoms with van der Waals surface area (Å²) < 4.78 is 28.7. The van der Waals surface area contributed by atoms with Gasteiger partial charge in [0.15, 0.2) is 0 Å². The molecule has 0 unspecified atom stereocenters. The van der Waals surface area contributed by atoms with Crippen LogP contribution in [0.4, 0.5) is 0 Å². The summed E-state index contributed by atoms with van der Waals surface area (Å²) in [5.41, 5.74) is 2.04. The van der Waals surface area contributed by atoms with Crippen LogP contribution >= 0.6 is 0 Å². The summed E-state index contributed by atoms with van der Waals surface area (Å²) in [5, 5.41) is 4.41. The van der Waals surface area contributed by atoms with Crippen LogP contribution in [0.15, 0.2) is 35.2 Å². The van der Waals surface area contributed by atoms with E-state index >= 15 is 0 Å². The molecule has 1 aromatic heterocycles. The summed E-state index contributed by atoms with van der Waals surface area (Å²) in [6.45, 7) is 8.12. The highest BCUT2D eigenvalue weighted by molar-refractivity contribution is 7.89. The van der Waals surface area contributed by atoms with E-state index in [9.17, 15) is 8.42 Å². The number of rotatable bonds is 5.